The highest BCUT2D eigenvalue weighted by atomic mass is 16.3. The summed E-state index contributed by atoms with van der Waals surface area (Å²) in [7, 11) is 0. The number of nitrogens with two attached hydrogens (primary N) is 2. The van der Waals surface area contributed by atoms with Crippen LogP contribution < -0.4 is 11.5 Å². The first-order valence-electron chi connectivity index (χ1n) is 5.07. The number of pyridine rings is 1. The molecular formula is C11H19N3O. The van der Waals surface area contributed by atoms with Crippen molar-refractivity contribution in [3.8, 4) is 0 Å². The van der Waals surface area contributed by atoms with Gasteiger partial charge in [-0.2, -0.15) is 0 Å². The van der Waals surface area contributed by atoms with E-state index < -0.39 is 5.60 Å². The van der Waals surface area contributed by atoms with Gasteiger partial charge in [0, 0.05) is 18.3 Å². The van der Waals surface area contributed by atoms with Gasteiger partial charge in [0.15, 0.2) is 0 Å². The summed E-state index contributed by atoms with van der Waals surface area (Å²) in [4.78, 5) is 4.04. The molecule has 5 N–H and O–H groups in total. The zero-order valence-corrected chi connectivity index (χ0v) is 9.49. The Morgan fingerprint density at radius 2 is 2.13 bits per heavy atom. The second-order valence-corrected chi connectivity index (χ2v) is 4.23. The molecule has 0 radical (unpaired) electrons. The number of aromatic nitrogens is 1. The molecule has 0 amide bonds. The highest BCUT2D eigenvalue weighted by Gasteiger charge is 2.33. The standard InChI is InChI=1S/C11H19N3O/c1-7(2)11(15,6-12)9-4-8(3)5-14-10(9)13/h4-5,7,15H,6,12H2,1-3H3,(H2,13,14). The Balaban J connectivity index is 3.29. The third kappa shape index (κ3) is 2.11. The highest BCUT2D eigenvalue weighted by molar-refractivity contribution is 5.45. The Labute approximate surface area is 90.3 Å². The molecule has 0 saturated heterocycles. The molecule has 0 aromatic carbocycles. The second-order valence-electron chi connectivity index (χ2n) is 4.23. The number of aryl methyl sites for hydroxylation is 1. The molecule has 1 atom stereocenters. The van der Waals surface area contributed by atoms with Gasteiger partial charge in [-0.1, -0.05) is 13.8 Å². The van der Waals surface area contributed by atoms with Crippen LogP contribution in [-0.2, 0) is 5.60 Å². The SMILES string of the molecule is Cc1cnc(N)c(C(O)(CN)C(C)C)c1. The number of rotatable bonds is 3. The molecular weight excluding hydrogens is 190 g/mol. The molecule has 84 valence electrons. The Morgan fingerprint density at radius 3 is 2.60 bits per heavy atom. The number of aliphatic hydroxyl groups is 1. The lowest BCUT2D eigenvalue weighted by molar-refractivity contribution is -0.000713. The molecule has 0 spiro atoms. The maximum atomic E-state index is 10.4. The van der Waals surface area contributed by atoms with E-state index in [0.29, 0.717) is 11.4 Å². The summed E-state index contributed by atoms with van der Waals surface area (Å²) < 4.78 is 0. The molecule has 4 heteroatoms. The quantitative estimate of drug-likeness (QED) is 0.686. The Morgan fingerprint density at radius 1 is 1.53 bits per heavy atom. The summed E-state index contributed by atoms with van der Waals surface area (Å²) >= 11 is 0. The van der Waals surface area contributed by atoms with Crippen molar-refractivity contribution in [2.45, 2.75) is 26.4 Å². The first-order chi connectivity index (χ1) is 6.91. The van der Waals surface area contributed by atoms with Crippen LogP contribution in [0.3, 0.4) is 0 Å². The fourth-order valence-electron chi connectivity index (χ4n) is 1.58. The molecule has 0 bridgehead atoms. The normalized spacial score (nSPS) is 15.3. The van der Waals surface area contributed by atoms with Gasteiger partial charge in [0.25, 0.3) is 0 Å². The number of nitrogens with zero attached hydrogens (tertiary/aromatic N) is 1. The molecule has 1 rings (SSSR count). The predicted octanol–water partition coefficient (Wildman–Crippen LogP) is 0.775. The van der Waals surface area contributed by atoms with Crippen LogP contribution in [0.1, 0.15) is 25.0 Å². The molecule has 0 aliphatic rings. The first kappa shape index (κ1) is 11.9. The Kier molecular flexibility index (Phi) is 3.31. The average Bonchev–Trinajstić information content (AvgIpc) is 2.20. The van der Waals surface area contributed by atoms with Crippen LogP contribution in [0.15, 0.2) is 12.3 Å². The van der Waals surface area contributed by atoms with Gasteiger partial charge >= 0.3 is 0 Å². The second kappa shape index (κ2) is 4.16. The largest absolute Gasteiger partial charge is 0.383 e. The minimum absolute atomic E-state index is 0.00611. The van der Waals surface area contributed by atoms with Crippen molar-refractivity contribution in [2.24, 2.45) is 11.7 Å². The Hall–Kier alpha value is -1.13. The van der Waals surface area contributed by atoms with E-state index in [4.69, 9.17) is 11.5 Å². The van der Waals surface area contributed by atoms with Crippen LogP contribution in [0.4, 0.5) is 5.82 Å². The number of hydrogen-bond donors (Lipinski definition) is 3. The smallest absolute Gasteiger partial charge is 0.129 e. The van der Waals surface area contributed by atoms with Crippen molar-refractivity contribution >= 4 is 5.82 Å². The lowest BCUT2D eigenvalue weighted by Crippen LogP contribution is -2.40. The first-order valence-corrected chi connectivity index (χ1v) is 5.07. The average molecular weight is 209 g/mol. The van der Waals surface area contributed by atoms with E-state index in [2.05, 4.69) is 4.98 Å². The minimum Gasteiger partial charge on any atom is -0.383 e. The zero-order chi connectivity index (χ0) is 11.6. The molecule has 0 fully saturated rings. The third-order valence-electron chi connectivity index (χ3n) is 2.79. The van der Waals surface area contributed by atoms with Crippen LogP contribution >= 0.6 is 0 Å². The van der Waals surface area contributed by atoms with Gasteiger partial charge in [0.2, 0.25) is 0 Å². The lowest BCUT2D eigenvalue weighted by Gasteiger charge is -2.32. The van der Waals surface area contributed by atoms with Crippen molar-refractivity contribution < 1.29 is 5.11 Å². The van der Waals surface area contributed by atoms with Gasteiger partial charge < -0.3 is 16.6 Å². The van der Waals surface area contributed by atoms with Crippen molar-refractivity contribution in [1.29, 1.82) is 0 Å². The monoisotopic (exact) mass is 209 g/mol. The maximum Gasteiger partial charge on any atom is 0.129 e. The van der Waals surface area contributed by atoms with Crippen molar-refractivity contribution in [3.63, 3.8) is 0 Å². The molecule has 1 aromatic heterocycles. The van der Waals surface area contributed by atoms with E-state index in [9.17, 15) is 5.11 Å². The summed E-state index contributed by atoms with van der Waals surface area (Å²) in [6.07, 6.45) is 1.68. The lowest BCUT2D eigenvalue weighted by atomic mass is 9.83. The topological polar surface area (TPSA) is 85.2 Å². The van der Waals surface area contributed by atoms with Crippen LogP contribution in [0, 0.1) is 12.8 Å². The van der Waals surface area contributed by atoms with E-state index in [1.165, 1.54) is 0 Å². The van der Waals surface area contributed by atoms with Crippen molar-refractivity contribution in [1.82, 2.24) is 4.98 Å². The predicted molar refractivity (Wildman–Crippen MR) is 61.2 cm³/mol. The molecule has 4 nitrogen and oxygen atoms in total. The zero-order valence-electron chi connectivity index (χ0n) is 9.49. The van der Waals surface area contributed by atoms with Crippen LogP contribution in [0.25, 0.3) is 0 Å². The van der Waals surface area contributed by atoms with Crippen LogP contribution in [-0.4, -0.2) is 16.6 Å². The van der Waals surface area contributed by atoms with E-state index in [-0.39, 0.29) is 12.5 Å². The highest BCUT2D eigenvalue weighted by Crippen LogP contribution is 2.31. The fraction of sp³-hybridized carbons (Fsp3) is 0.545. The Bertz CT molecular complexity index is 352. The number of hydrogen-bond acceptors (Lipinski definition) is 4. The molecule has 1 heterocycles. The minimum atomic E-state index is -1.09. The number of nitrogen functional groups attached to an aromatic ring is 1. The molecule has 15 heavy (non-hydrogen) atoms. The van der Waals surface area contributed by atoms with E-state index in [0.717, 1.165) is 5.56 Å². The molecule has 1 unspecified atom stereocenters. The third-order valence-corrected chi connectivity index (χ3v) is 2.79. The van der Waals surface area contributed by atoms with Crippen molar-refractivity contribution in [3.05, 3.63) is 23.4 Å². The van der Waals surface area contributed by atoms with Gasteiger partial charge in [-0.15, -0.1) is 0 Å². The van der Waals surface area contributed by atoms with E-state index in [1.54, 1.807) is 6.20 Å². The van der Waals surface area contributed by atoms with Crippen molar-refractivity contribution in [2.75, 3.05) is 12.3 Å². The van der Waals surface area contributed by atoms with Gasteiger partial charge in [0.1, 0.15) is 11.4 Å². The maximum absolute atomic E-state index is 10.4. The number of anilines is 1. The van der Waals surface area contributed by atoms with Gasteiger partial charge in [-0.05, 0) is 24.5 Å². The molecule has 0 aliphatic heterocycles. The van der Waals surface area contributed by atoms with Gasteiger partial charge in [-0.25, -0.2) is 4.98 Å². The summed E-state index contributed by atoms with van der Waals surface area (Å²) in [5.74, 6) is 0.343. The van der Waals surface area contributed by atoms with Crippen LogP contribution in [0.2, 0.25) is 0 Å². The van der Waals surface area contributed by atoms with Gasteiger partial charge in [-0.3, -0.25) is 0 Å². The molecule has 1 aromatic rings. The fourth-order valence-corrected chi connectivity index (χ4v) is 1.58. The van der Waals surface area contributed by atoms with E-state index in [1.807, 2.05) is 26.8 Å². The summed E-state index contributed by atoms with van der Waals surface area (Å²) in [5.41, 5.74) is 11.9. The molecule has 0 saturated carbocycles. The summed E-state index contributed by atoms with van der Waals surface area (Å²) in [6, 6.07) is 1.84. The summed E-state index contributed by atoms with van der Waals surface area (Å²) in [6.45, 7) is 5.87. The van der Waals surface area contributed by atoms with E-state index >= 15 is 0 Å². The van der Waals surface area contributed by atoms with Crippen LogP contribution in [0.5, 0.6) is 0 Å². The molecule has 0 aliphatic carbocycles. The van der Waals surface area contributed by atoms with Gasteiger partial charge in [0.05, 0.1) is 0 Å². The summed E-state index contributed by atoms with van der Waals surface area (Å²) in [5, 5.41) is 10.4.